The van der Waals surface area contributed by atoms with E-state index in [1.165, 1.54) is 11.3 Å². The Labute approximate surface area is 170 Å². The SMILES string of the molecule is N#Cc1cccc2c(C3C(C(=O)O)=C(C4CC4)NC(C4CC4)=C3C(=O)O)csc12. The molecule has 0 bridgehead atoms. The van der Waals surface area contributed by atoms with Gasteiger partial charge in [0, 0.05) is 11.4 Å². The van der Waals surface area contributed by atoms with E-state index in [9.17, 15) is 25.1 Å². The highest BCUT2D eigenvalue weighted by molar-refractivity contribution is 7.17. The van der Waals surface area contributed by atoms with Gasteiger partial charge in [0.1, 0.15) is 6.07 Å². The van der Waals surface area contributed by atoms with Crippen molar-refractivity contribution in [3.05, 3.63) is 57.2 Å². The van der Waals surface area contributed by atoms with Crippen LogP contribution >= 0.6 is 11.3 Å². The number of nitriles is 1. The smallest absolute Gasteiger partial charge is 0.334 e. The minimum atomic E-state index is -1.09. The second-order valence-corrected chi connectivity index (χ2v) is 8.74. The van der Waals surface area contributed by atoms with Crippen molar-refractivity contribution in [2.24, 2.45) is 11.8 Å². The first-order valence-corrected chi connectivity index (χ1v) is 10.5. The highest BCUT2D eigenvalue weighted by atomic mass is 32.1. The standard InChI is InChI=1S/C22H18N2O4S/c23-8-12-2-1-3-13-14(9-29-20(12)13)15-16(21(25)26)18(10-4-5-10)24-19(11-6-7-11)17(15)22(27)28/h1-3,9-11,15,24H,4-7H2,(H,25,26)(H,27,28). The van der Waals surface area contributed by atoms with Gasteiger partial charge in [0.15, 0.2) is 0 Å². The van der Waals surface area contributed by atoms with Gasteiger partial charge in [0.05, 0.1) is 27.3 Å². The highest BCUT2D eigenvalue weighted by Gasteiger charge is 2.46. The van der Waals surface area contributed by atoms with Gasteiger partial charge >= 0.3 is 11.9 Å². The van der Waals surface area contributed by atoms with Crippen molar-refractivity contribution in [3.63, 3.8) is 0 Å². The quantitative estimate of drug-likeness (QED) is 0.693. The zero-order chi connectivity index (χ0) is 20.3. The molecule has 0 saturated heterocycles. The summed E-state index contributed by atoms with van der Waals surface area (Å²) in [5.74, 6) is -2.73. The van der Waals surface area contributed by atoms with E-state index >= 15 is 0 Å². The summed E-state index contributed by atoms with van der Waals surface area (Å²) in [6.07, 6.45) is 3.65. The van der Waals surface area contributed by atoms with Crippen LogP contribution in [-0.4, -0.2) is 22.2 Å². The van der Waals surface area contributed by atoms with Crippen molar-refractivity contribution in [2.75, 3.05) is 0 Å². The largest absolute Gasteiger partial charge is 0.478 e. The molecule has 3 N–H and O–H groups in total. The van der Waals surface area contributed by atoms with Crippen LogP contribution < -0.4 is 5.32 Å². The summed E-state index contributed by atoms with van der Waals surface area (Å²) < 4.78 is 0.763. The number of rotatable bonds is 5. The minimum Gasteiger partial charge on any atom is -0.478 e. The Hall–Kier alpha value is -3.11. The van der Waals surface area contributed by atoms with E-state index in [1.807, 2.05) is 11.4 Å². The molecule has 0 atom stereocenters. The van der Waals surface area contributed by atoms with Gasteiger partial charge in [-0.25, -0.2) is 9.59 Å². The number of allylic oxidation sites excluding steroid dienone is 2. The molecular weight excluding hydrogens is 388 g/mol. The fraction of sp³-hybridized carbons (Fsp3) is 0.318. The fourth-order valence-electron chi connectivity index (χ4n) is 4.30. The third kappa shape index (κ3) is 2.83. The number of carbonyl (C=O) groups is 2. The van der Waals surface area contributed by atoms with Crippen LogP contribution in [0.25, 0.3) is 10.1 Å². The van der Waals surface area contributed by atoms with Gasteiger partial charge in [-0.3, -0.25) is 0 Å². The van der Waals surface area contributed by atoms with Crippen LogP contribution in [0.2, 0.25) is 0 Å². The molecular formula is C22H18N2O4S. The normalized spacial score (nSPS) is 20.0. The van der Waals surface area contributed by atoms with Crippen molar-refractivity contribution >= 4 is 33.4 Å². The minimum absolute atomic E-state index is 0.136. The Bertz CT molecular complexity index is 1130. The van der Waals surface area contributed by atoms with Gasteiger partial charge in [-0.05, 0) is 59.9 Å². The lowest BCUT2D eigenvalue weighted by Gasteiger charge is -2.31. The Balaban J connectivity index is 1.80. The van der Waals surface area contributed by atoms with E-state index < -0.39 is 17.9 Å². The summed E-state index contributed by atoms with van der Waals surface area (Å²) in [5, 5.41) is 35.5. The molecule has 1 aromatic carbocycles. The maximum atomic E-state index is 12.4. The van der Waals surface area contributed by atoms with E-state index in [2.05, 4.69) is 11.4 Å². The summed E-state index contributed by atoms with van der Waals surface area (Å²) >= 11 is 1.36. The predicted octanol–water partition coefficient (Wildman–Crippen LogP) is 3.96. The number of hydrogen-bond donors (Lipinski definition) is 3. The Morgan fingerprint density at radius 1 is 1.03 bits per heavy atom. The molecule has 29 heavy (non-hydrogen) atoms. The molecule has 5 rings (SSSR count). The number of aliphatic carboxylic acids is 2. The summed E-state index contributed by atoms with van der Waals surface area (Å²) in [6, 6.07) is 7.49. The first kappa shape index (κ1) is 18.0. The van der Waals surface area contributed by atoms with E-state index in [0.29, 0.717) is 22.5 Å². The van der Waals surface area contributed by atoms with Crippen LogP contribution in [0, 0.1) is 23.2 Å². The van der Waals surface area contributed by atoms with Crippen LogP contribution in [0.1, 0.15) is 42.7 Å². The van der Waals surface area contributed by atoms with Crippen molar-refractivity contribution in [2.45, 2.75) is 31.6 Å². The molecule has 146 valence electrons. The predicted molar refractivity (Wildman–Crippen MR) is 107 cm³/mol. The Kier molecular flexibility index (Phi) is 4.00. The molecule has 2 saturated carbocycles. The molecule has 2 aromatic rings. The molecule has 2 heterocycles. The van der Waals surface area contributed by atoms with E-state index in [0.717, 1.165) is 35.8 Å². The lowest BCUT2D eigenvalue weighted by Crippen LogP contribution is -2.34. The zero-order valence-corrected chi connectivity index (χ0v) is 16.3. The molecule has 1 aliphatic heterocycles. The maximum Gasteiger partial charge on any atom is 0.334 e. The summed E-state index contributed by atoms with van der Waals surface area (Å²) in [7, 11) is 0. The van der Waals surface area contributed by atoms with Crippen molar-refractivity contribution < 1.29 is 19.8 Å². The van der Waals surface area contributed by atoms with E-state index in [4.69, 9.17) is 0 Å². The molecule has 2 fully saturated rings. The number of carboxylic acids is 2. The molecule has 0 radical (unpaired) electrons. The maximum absolute atomic E-state index is 12.4. The van der Waals surface area contributed by atoms with Gasteiger partial charge in [-0.2, -0.15) is 5.26 Å². The molecule has 6 nitrogen and oxygen atoms in total. The number of benzene rings is 1. The number of hydrogen-bond acceptors (Lipinski definition) is 5. The molecule has 7 heteroatoms. The average molecular weight is 406 g/mol. The van der Waals surface area contributed by atoms with Crippen molar-refractivity contribution in [1.29, 1.82) is 5.26 Å². The van der Waals surface area contributed by atoms with Crippen LogP contribution in [0.3, 0.4) is 0 Å². The van der Waals surface area contributed by atoms with Crippen LogP contribution in [-0.2, 0) is 9.59 Å². The number of fused-ring (bicyclic) bond motifs is 1. The van der Waals surface area contributed by atoms with Gasteiger partial charge < -0.3 is 15.5 Å². The second-order valence-electron chi connectivity index (χ2n) is 7.86. The number of nitrogens with zero attached hydrogens (tertiary/aromatic N) is 1. The van der Waals surface area contributed by atoms with E-state index in [1.54, 1.807) is 12.1 Å². The number of dihydropyridines is 1. The molecule has 0 spiro atoms. The monoisotopic (exact) mass is 406 g/mol. The van der Waals surface area contributed by atoms with Gasteiger partial charge in [-0.15, -0.1) is 11.3 Å². The number of nitrogens with one attached hydrogen (secondary N) is 1. The highest BCUT2D eigenvalue weighted by Crippen LogP contribution is 2.51. The van der Waals surface area contributed by atoms with Gasteiger partial charge in [-0.1, -0.05) is 12.1 Å². The second kappa shape index (κ2) is 6.46. The fourth-order valence-corrected chi connectivity index (χ4v) is 5.36. The summed E-state index contributed by atoms with van der Waals surface area (Å²) in [6.45, 7) is 0. The van der Waals surface area contributed by atoms with Crippen LogP contribution in [0.5, 0.6) is 0 Å². The molecule has 3 aliphatic rings. The third-order valence-corrected chi connectivity index (χ3v) is 6.97. The van der Waals surface area contributed by atoms with E-state index in [-0.39, 0.29) is 23.0 Å². The average Bonchev–Trinajstić information content (AvgIpc) is 3.62. The Morgan fingerprint density at radius 3 is 2.10 bits per heavy atom. The Morgan fingerprint density at radius 2 is 1.62 bits per heavy atom. The third-order valence-electron chi connectivity index (χ3n) is 5.92. The van der Waals surface area contributed by atoms with Crippen LogP contribution in [0.4, 0.5) is 0 Å². The lowest BCUT2D eigenvalue weighted by molar-refractivity contribution is -0.133. The summed E-state index contributed by atoms with van der Waals surface area (Å²) in [4.78, 5) is 24.7. The molecule has 1 aromatic heterocycles. The lowest BCUT2D eigenvalue weighted by atomic mass is 9.78. The van der Waals surface area contributed by atoms with Crippen molar-refractivity contribution in [1.82, 2.24) is 5.32 Å². The first-order valence-electron chi connectivity index (χ1n) is 9.63. The number of thiophene rings is 1. The van der Waals surface area contributed by atoms with Gasteiger partial charge in [0.25, 0.3) is 0 Å². The van der Waals surface area contributed by atoms with Gasteiger partial charge in [0.2, 0.25) is 0 Å². The van der Waals surface area contributed by atoms with Crippen molar-refractivity contribution in [3.8, 4) is 6.07 Å². The number of carboxylic acid groups (broad SMARTS) is 2. The molecule has 2 aliphatic carbocycles. The topological polar surface area (TPSA) is 110 Å². The zero-order valence-electron chi connectivity index (χ0n) is 15.4. The van der Waals surface area contributed by atoms with Crippen LogP contribution in [0.15, 0.2) is 46.1 Å². The molecule has 0 unspecified atom stereocenters. The molecule has 0 amide bonds. The summed E-state index contributed by atoms with van der Waals surface area (Å²) in [5.41, 5.74) is 2.79. The first-order chi connectivity index (χ1) is 14.0.